The van der Waals surface area contributed by atoms with E-state index >= 15 is 0 Å². The second-order valence-corrected chi connectivity index (χ2v) is 7.79. The molecule has 4 rings (SSSR count). The van der Waals surface area contributed by atoms with Gasteiger partial charge in [0.2, 0.25) is 0 Å². The Hall–Kier alpha value is -3.87. The van der Waals surface area contributed by atoms with Crippen LogP contribution in [0.2, 0.25) is 0 Å². The lowest BCUT2D eigenvalue weighted by Crippen LogP contribution is -2.50. The van der Waals surface area contributed by atoms with E-state index in [0.29, 0.717) is 37.5 Å². The van der Waals surface area contributed by atoms with E-state index in [1.165, 1.54) is 6.26 Å². The van der Waals surface area contributed by atoms with Gasteiger partial charge in [0.15, 0.2) is 0 Å². The van der Waals surface area contributed by atoms with Gasteiger partial charge in [-0.15, -0.1) is 0 Å². The summed E-state index contributed by atoms with van der Waals surface area (Å²) in [5.74, 6) is 0.834. The molecule has 1 aliphatic rings. The number of hydrogen-bond acceptors (Lipinski definition) is 5. The molecule has 0 saturated carbocycles. The van der Waals surface area contributed by atoms with Gasteiger partial charge in [0.25, 0.3) is 11.8 Å². The van der Waals surface area contributed by atoms with Crippen LogP contribution in [0.25, 0.3) is 6.08 Å². The van der Waals surface area contributed by atoms with Crippen molar-refractivity contribution >= 4 is 23.7 Å². The third-order valence-corrected chi connectivity index (χ3v) is 5.62. The van der Waals surface area contributed by atoms with E-state index in [1.807, 2.05) is 44.2 Å². The maximum atomic E-state index is 13.3. The van der Waals surface area contributed by atoms with Gasteiger partial charge in [0.1, 0.15) is 17.3 Å². The number of carbonyl (C=O) groups excluding carboxylic acids is 2. The molecule has 164 valence electrons. The summed E-state index contributed by atoms with van der Waals surface area (Å²) in [5.41, 5.74) is 2.82. The topological polar surface area (TPSA) is 78.7 Å². The van der Waals surface area contributed by atoms with Crippen LogP contribution in [0.4, 0.5) is 5.82 Å². The molecular formula is C25H26N4O3. The van der Waals surface area contributed by atoms with Crippen molar-refractivity contribution < 1.29 is 14.0 Å². The van der Waals surface area contributed by atoms with E-state index in [1.54, 1.807) is 35.4 Å². The summed E-state index contributed by atoms with van der Waals surface area (Å²) in [4.78, 5) is 34.5. The molecule has 32 heavy (non-hydrogen) atoms. The fourth-order valence-electron chi connectivity index (χ4n) is 3.59. The van der Waals surface area contributed by atoms with E-state index in [9.17, 15) is 9.59 Å². The van der Waals surface area contributed by atoms with Gasteiger partial charge < -0.3 is 19.5 Å². The standard InChI is InChI=1S/C25H26N4O3/c1-18-8-9-20(16-19(18)2)24(30)27-22(17-21-6-5-15-32-21)25(31)29-13-11-28(12-14-29)23-7-3-4-10-26-23/h3-10,15-17H,11-14H2,1-2H3,(H,27,30)/b22-17-. The molecule has 7 nitrogen and oxygen atoms in total. The Kier molecular flexibility index (Phi) is 6.35. The number of carbonyl (C=O) groups is 2. The molecule has 1 aliphatic heterocycles. The Morgan fingerprint density at radius 2 is 1.81 bits per heavy atom. The number of nitrogens with zero attached hydrogens (tertiary/aromatic N) is 3. The van der Waals surface area contributed by atoms with Crippen LogP contribution in [0.1, 0.15) is 27.2 Å². The summed E-state index contributed by atoms with van der Waals surface area (Å²) in [6.45, 7) is 6.35. The maximum Gasteiger partial charge on any atom is 0.270 e. The Labute approximate surface area is 187 Å². The smallest absolute Gasteiger partial charge is 0.270 e. The highest BCUT2D eigenvalue weighted by atomic mass is 16.3. The molecule has 0 aliphatic carbocycles. The van der Waals surface area contributed by atoms with Gasteiger partial charge >= 0.3 is 0 Å². The molecule has 1 saturated heterocycles. The van der Waals surface area contributed by atoms with Crippen LogP contribution < -0.4 is 10.2 Å². The van der Waals surface area contributed by atoms with Gasteiger partial charge in [0, 0.05) is 44.0 Å². The van der Waals surface area contributed by atoms with Crippen molar-refractivity contribution in [3.63, 3.8) is 0 Å². The first-order valence-corrected chi connectivity index (χ1v) is 10.6. The number of anilines is 1. The van der Waals surface area contributed by atoms with Crippen LogP contribution >= 0.6 is 0 Å². The normalized spacial score (nSPS) is 14.4. The summed E-state index contributed by atoms with van der Waals surface area (Å²) in [6, 6.07) is 14.8. The third-order valence-electron chi connectivity index (χ3n) is 5.62. The van der Waals surface area contributed by atoms with Crippen molar-refractivity contribution in [2.24, 2.45) is 0 Å². The molecule has 2 aromatic heterocycles. The summed E-state index contributed by atoms with van der Waals surface area (Å²) >= 11 is 0. The van der Waals surface area contributed by atoms with Gasteiger partial charge in [-0.05, 0) is 61.4 Å². The quantitative estimate of drug-likeness (QED) is 0.628. The SMILES string of the molecule is Cc1ccc(C(=O)N/C(=C\c2ccco2)C(=O)N2CCN(c3ccccn3)CC2)cc1C. The predicted molar refractivity (Wildman–Crippen MR) is 123 cm³/mol. The Balaban J connectivity index is 1.50. The molecular weight excluding hydrogens is 404 g/mol. The molecule has 0 unspecified atom stereocenters. The first-order valence-electron chi connectivity index (χ1n) is 10.6. The summed E-state index contributed by atoms with van der Waals surface area (Å²) in [5, 5.41) is 2.80. The average molecular weight is 431 g/mol. The minimum absolute atomic E-state index is 0.189. The van der Waals surface area contributed by atoms with Gasteiger partial charge in [-0.3, -0.25) is 9.59 Å². The fraction of sp³-hybridized carbons (Fsp3) is 0.240. The zero-order valence-corrected chi connectivity index (χ0v) is 18.2. The highest BCUT2D eigenvalue weighted by Crippen LogP contribution is 2.16. The molecule has 1 fully saturated rings. The largest absolute Gasteiger partial charge is 0.465 e. The van der Waals surface area contributed by atoms with Gasteiger partial charge in [0.05, 0.1) is 6.26 Å². The number of piperazine rings is 1. The number of rotatable bonds is 5. The molecule has 3 aromatic rings. The van der Waals surface area contributed by atoms with Gasteiger partial charge in [-0.2, -0.15) is 0 Å². The van der Waals surface area contributed by atoms with Crippen molar-refractivity contribution in [1.82, 2.24) is 15.2 Å². The van der Waals surface area contributed by atoms with Crippen molar-refractivity contribution in [2.75, 3.05) is 31.1 Å². The van der Waals surface area contributed by atoms with Crippen LogP contribution in [-0.4, -0.2) is 47.9 Å². The Morgan fingerprint density at radius 3 is 2.47 bits per heavy atom. The minimum atomic E-state index is -0.327. The molecule has 3 heterocycles. The Bertz CT molecular complexity index is 1120. The highest BCUT2D eigenvalue weighted by molar-refractivity contribution is 6.05. The number of hydrogen-bond donors (Lipinski definition) is 1. The van der Waals surface area contributed by atoms with Crippen LogP contribution in [0, 0.1) is 13.8 Å². The first-order chi connectivity index (χ1) is 15.5. The summed E-state index contributed by atoms with van der Waals surface area (Å²) < 4.78 is 5.38. The molecule has 0 atom stereocenters. The maximum absolute atomic E-state index is 13.3. The van der Waals surface area contributed by atoms with Crippen molar-refractivity contribution in [2.45, 2.75) is 13.8 Å². The molecule has 0 bridgehead atoms. The van der Waals surface area contributed by atoms with E-state index in [-0.39, 0.29) is 17.5 Å². The molecule has 0 spiro atoms. The average Bonchev–Trinajstić information content (AvgIpc) is 3.34. The second-order valence-electron chi connectivity index (χ2n) is 7.79. The number of amides is 2. The number of aryl methyl sites for hydroxylation is 2. The summed E-state index contributed by atoms with van der Waals surface area (Å²) in [6.07, 6.45) is 4.87. The fourth-order valence-corrected chi connectivity index (χ4v) is 3.59. The third kappa shape index (κ3) is 4.88. The lowest BCUT2D eigenvalue weighted by atomic mass is 10.1. The monoisotopic (exact) mass is 430 g/mol. The Morgan fingerprint density at radius 1 is 1.00 bits per heavy atom. The zero-order valence-electron chi connectivity index (χ0n) is 18.2. The molecule has 0 radical (unpaired) electrons. The number of nitrogens with one attached hydrogen (secondary N) is 1. The number of benzene rings is 1. The number of furan rings is 1. The van der Waals surface area contributed by atoms with Crippen molar-refractivity contribution in [3.8, 4) is 0 Å². The van der Waals surface area contributed by atoms with E-state index < -0.39 is 0 Å². The number of pyridine rings is 1. The van der Waals surface area contributed by atoms with Crippen molar-refractivity contribution in [3.05, 3.63) is 89.1 Å². The van der Waals surface area contributed by atoms with E-state index in [2.05, 4.69) is 15.2 Å². The molecule has 1 aromatic carbocycles. The molecule has 2 amide bonds. The van der Waals surface area contributed by atoms with Gasteiger partial charge in [-0.1, -0.05) is 12.1 Å². The minimum Gasteiger partial charge on any atom is -0.465 e. The predicted octanol–water partition coefficient (Wildman–Crippen LogP) is 3.41. The van der Waals surface area contributed by atoms with Crippen molar-refractivity contribution in [1.29, 1.82) is 0 Å². The molecule has 7 heteroatoms. The van der Waals surface area contributed by atoms with Crippen LogP contribution in [0.5, 0.6) is 0 Å². The van der Waals surface area contributed by atoms with Crippen LogP contribution in [-0.2, 0) is 4.79 Å². The van der Waals surface area contributed by atoms with Crippen LogP contribution in [0.3, 0.4) is 0 Å². The highest BCUT2D eigenvalue weighted by Gasteiger charge is 2.26. The lowest BCUT2D eigenvalue weighted by Gasteiger charge is -2.35. The molecule has 1 N–H and O–H groups in total. The zero-order chi connectivity index (χ0) is 22.5. The van der Waals surface area contributed by atoms with Gasteiger partial charge in [-0.25, -0.2) is 4.98 Å². The van der Waals surface area contributed by atoms with Crippen LogP contribution in [0.15, 0.2) is 71.1 Å². The second kappa shape index (κ2) is 9.51. The lowest BCUT2D eigenvalue weighted by molar-refractivity contribution is -0.127. The first kappa shape index (κ1) is 21.4. The van der Waals surface area contributed by atoms with E-state index in [4.69, 9.17) is 4.42 Å². The summed E-state index contributed by atoms with van der Waals surface area (Å²) in [7, 11) is 0. The van der Waals surface area contributed by atoms with E-state index in [0.717, 1.165) is 16.9 Å². The number of aromatic nitrogens is 1.